The molecule has 0 unspecified atom stereocenters. The predicted octanol–water partition coefficient (Wildman–Crippen LogP) is 3.21. The lowest BCUT2D eigenvalue weighted by molar-refractivity contribution is 0.325. The van der Waals surface area contributed by atoms with Crippen LogP contribution in [0.5, 0.6) is 17.2 Å². The van der Waals surface area contributed by atoms with Gasteiger partial charge in [0.25, 0.3) is 0 Å². The van der Waals surface area contributed by atoms with Crippen LogP contribution in [0.25, 0.3) is 11.4 Å². The molecule has 0 amide bonds. The Balaban J connectivity index is 2.73. The molecule has 0 atom stereocenters. The third-order valence-electron chi connectivity index (χ3n) is 3.17. The van der Waals surface area contributed by atoms with E-state index in [-0.39, 0.29) is 6.04 Å². The second kappa shape index (κ2) is 6.17. The molecule has 2 rings (SSSR count). The van der Waals surface area contributed by atoms with Crippen LogP contribution in [0.1, 0.15) is 19.9 Å². The van der Waals surface area contributed by atoms with E-state index in [1.54, 1.807) is 21.3 Å². The molecule has 0 aliphatic heterocycles. The summed E-state index contributed by atoms with van der Waals surface area (Å²) >= 11 is 5.29. The molecule has 0 saturated carbocycles. The number of nitrogens with one attached hydrogen (secondary N) is 1. The van der Waals surface area contributed by atoms with Crippen LogP contribution in [-0.4, -0.2) is 36.1 Å². The maximum atomic E-state index is 5.50. The second-order valence-electron chi connectivity index (χ2n) is 4.70. The molecule has 0 radical (unpaired) electrons. The minimum atomic E-state index is 0.170. The highest BCUT2D eigenvalue weighted by atomic mass is 32.1. The molecule has 1 aromatic carbocycles. The Morgan fingerprint density at radius 1 is 1.10 bits per heavy atom. The first-order valence-corrected chi connectivity index (χ1v) is 6.92. The van der Waals surface area contributed by atoms with Crippen molar-refractivity contribution in [3.63, 3.8) is 0 Å². The lowest BCUT2D eigenvalue weighted by Crippen LogP contribution is -2.05. The van der Waals surface area contributed by atoms with Gasteiger partial charge in [0.15, 0.2) is 22.1 Å². The number of ether oxygens (including phenoxy) is 3. The normalized spacial score (nSPS) is 10.8. The predicted molar refractivity (Wildman–Crippen MR) is 82.9 cm³/mol. The number of nitrogens with zero attached hydrogens (tertiary/aromatic N) is 2. The fourth-order valence-corrected chi connectivity index (χ4v) is 2.59. The Bertz CT molecular complexity index is 691. The van der Waals surface area contributed by atoms with Crippen LogP contribution in [0.3, 0.4) is 0 Å². The zero-order valence-corrected chi connectivity index (χ0v) is 13.6. The third-order valence-corrected chi connectivity index (χ3v) is 3.45. The molecular formula is C14H19N3O3S. The number of aromatic amines is 1. The van der Waals surface area contributed by atoms with Crippen LogP contribution in [0.4, 0.5) is 0 Å². The molecule has 1 aromatic heterocycles. The van der Waals surface area contributed by atoms with Gasteiger partial charge >= 0.3 is 0 Å². The van der Waals surface area contributed by atoms with Gasteiger partial charge in [0.1, 0.15) is 0 Å². The summed E-state index contributed by atoms with van der Waals surface area (Å²) in [6.07, 6.45) is 0. The molecule has 0 aliphatic rings. The van der Waals surface area contributed by atoms with Crippen LogP contribution in [0.2, 0.25) is 0 Å². The van der Waals surface area contributed by atoms with Crippen LogP contribution in [-0.2, 0) is 0 Å². The fourth-order valence-electron chi connectivity index (χ4n) is 2.25. The Labute approximate surface area is 128 Å². The number of H-pyrrole nitrogens is 1. The second-order valence-corrected chi connectivity index (χ2v) is 5.08. The lowest BCUT2D eigenvalue weighted by Gasteiger charge is -2.17. The summed E-state index contributed by atoms with van der Waals surface area (Å²) in [5.74, 6) is 2.39. The molecule has 0 fully saturated rings. The summed E-state index contributed by atoms with van der Waals surface area (Å²) < 4.78 is 18.7. The topological polar surface area (TPSA) is 61.3 Å². The summed E-state index contributed by atoms with van der Waals surface area (Å²) in [5.41, 5.74) is 0.788. The highest BCUT2D eigenvalue weighted by Gasteiger charge is 2.21. The summed E-state index contributed by atoms with van der Waals surface area (Å²) in [7, 11) is 4.74. The smallest absolute Gasteiger partial charge is 0.204 e. The number of benzene rings is 1. The molecule has 21 heavy (non-hydrogen) atoms. The van der Waals surface area contributed by atoms with Gasteiger partial charge in [0, 0.05) is 6.04 Å². The first-order chi connectivity index (χ1) is 10.0. The molecule has 2 aromatic rings. The maximum absolute atomic E-state index is 5.50. The van der Waals surface area contributed by atoms with Gasteiger partial charge in [-0.1, -0.05) is 0 Å². The highest BCUT2D eigenvalue weighted by Crippen LogP contribution is 2.44. The van der Waals surface area contributed by atoms with E-state index >= 15 is 0 Å². The molecule has 1 heterocycles. The van der Waals surface area contributed by atoms with Crippen molar-refractivity contribution in [2.75, 3.05) is 21.3 Å². The minimum Gasteiger partial charge on any atom is -0.493 e. The van der Waals surface area contributed by atoms with E-state index in [0.717, 1.165) is 5.56 Å². The van der Waals surface area contributed by atoms with E-state index in [4.69, 9.17) is 26.4 Å². The number of methoxy groups -OCH3 is 3. The van der Waals surface area contributed by atoms with Gasteiger partial charge < -0.3 is 14.2 Å². The quantitative estimate of drug-likeness (QED) is 0.859. The third kappa shape index (κ3) is 2.61. The Morgan fingerprint density at radius 2 is 1.76 bits per heavy atom. The average Bonchev–Trinajstić information content (AvgIpc) is 2.87. The molecule has 0 saturated heterocycles. The molecule has 6 nitrogen and oxygen atoms in total. The summed E-state index contributed by atoms with van der Waals surface area (Å²) in [4.78, 5) is 0. The Morgan fingerprint density at radius 3 is 2.29 bits per heavy atom. The van der Waals surface area contributed by atoms with Crippen molar-refractivity contribution < 1.29 is 14.2 Å². The van der Waals surface area contributed by atoms with Crippen molar-refractivity contribution in [2.24, 2.45) is 0 Å². The van der Waals surface area contributed by atoms with Gasteiger partial charge in [-0.3, -0.25) is 9.67 Å². The van der Waals surface area contributed by atoms with E-state index in [1.165, 1.54) is 0 Å². The SMILES string of the molecule is COc1ccc(-c2n[nH]c(=S)n2C(C)C)c(OC)c1OC. The van der Waals surface area contributed by atoms with Crippen LogP contribution in [0.15, 0.2) is 12.1 Å². The monoisotopic (exact) mass is 309 g/mol. The van der Waals surface area contributed by atoms with Gasteiger partial charge in [-0.05, 0) is 38.2 Å². The maximum Gasteiger partial charge on any atom is 0.204 e. The average molecular weight is 309 g/mol. The van der Waals surface area contributed by atoms with E-state index < -0.39 is 0 Å². The van der Waals surface area contributed by atoms with Crippen molar-refractivity contribution in [1.29, 1.82) is 0 Å². The van der Waals surface area contributed by atoms with E-state index in [9.17, 15) is 0 Å². The zero-order valence-electron chi connectivity index (χ0n) is 12.8. The van der Waals surface area contributed by atoms with Crippen molar-refractivity contribution in [3.8, 4) is 28.6 Å². The van der Waals surface area contributed by atoms with Crippen molar-refractivity contribution in [3.05, 3.63) is 16.9 Å². The van der Waals surface area contributed by atoms with Crippen LogP contribution < -0.4 is 14.2 Å². The standard InChI is InChI=1S/C14H19N3O3S/c1-8(2)17-13(15-16-14(17)21)9-6-7-10(18-3)12(20-5)11(9)19-4/h6-8H,1-5H3,(H,16,21). The van der Waals surface area contributed by atoms with Gasteiger partial charge in [-0.25, -0.2) is 0 Å². The van der Waals surface area contributed by atoms with Gasteiger partial charge in [0.2, 0.25) is 5.75 Å². The molecule has 114 valence electrons. The number of hydrogen-bond acceptors (Lipinski definition) is 5. The van der Waals surface area contributed by atoms with E-state index in [0.29, 0.717) is 27.8 Å². The zero-order chi connectivity index (χ0) is 15.6. The van der Waals surface area contributed by atoms with E-state index in [2.05, 4.69) is 10.2 Å². The molecule has 1 N–H and O–H groups in total. The number of rotatable bonds is 5. The Kier molecular flexibility index (Phi) is 4.52. The Hall–Kier alpha value is -2.02. The van der Waals surface area contributed by atoms with Crippen molar-refractivity contribution in [2.45, 2.75) is 19.9 Å². The van der Waals surface area contributed by atoms with Crippen molar-refractivity contribution >= 4 is 12.2 Å². The fraction of sp³-hybridized carbons (Fsp3) is 0.429. The van der Waals surface area contributed by atoms with Crippen LogP contribution >= 0.6 is 12.2 Å². The first kappa shape index (κ1) is 15.4. The van der Waals surface area contributed by atoms with E-state index in [1.807, 2.05) is 30.5 Å². The van der Waals surface area contributed by atoms with Crippen molar-refractivity contribution in [1.82, 2.24) is 14.8 Å². The molecule has 0 spiro atoms. The summed E-state index contributed by atoms with van der Waals surface area (Å²) in [6.45, 7) is 4.09. The summed E-state index contributed by atoms with van der Waals surface area (Å²) in [5, 5.41) is 7.14. The molecule has 0 aliphatic carbocycles. The molecule has 0 bridgehead atoms. The van der Waals surface area contributed by atoms with Gasteiger partial charge in [-0.15, -0.1) is 0 Å². The largest absolute Gasteiger partial charge is 0.493 e. The van der Waals surface area contributed by atoms with Gasteiger partial charge in [0.05, 0.1) is 26.9 Å². The lowest BCUT2D eigenvalue weighted by atomic mass is 10.1. The summed E-state index contributed by atoms with van der Waals surface area (Å²) in [6, 6.07) is 3.87. The number of hydrogen-bond donors (Lipinski definition) is 1. The number of aromatic nitrogens is 3. The molecular weight excluding hydrogens is 290 g/mol. The van der Waals surface area contributed by atoms with Gasteiger partial charge in [-0.2, -0.15) is 5.10 Å². The highest BCUT2D eigenvalue weighted by molar-refractivity contribution is 7.71. The molecule has 7 heteroatoms. The minimum absolute atomic E-state index is 0.170. The van der Waals surface area contributed by atoms with Crippen LogP contribution in [0, 0.1) is 4.77 Å². The first-order valence-electron chi connectivity index (χ1n) is 6.51.